The molecule has 1 aromatic rings. The zero-order chi connectivity index (χ0) is 13.7. The normalized spacial score (nSPS) is 18.1. The fourth-order valence-corrected chi connectivity index (χ4v) is 2.31. The second kappa shape index (κ2) is 7.13. The van der Waals surface area contributed by atoms with E-state index in [0.29, 0.717) is 23.2 Å². The monoisotopic (exact) mass is 283 g/mol. The Kier molecular flexibility index (Phi) is 5.49. The summed E-state index contributed by atoms with van der Waals surface area (Å²) in [7, 11) is 0. The lowest BCUT2D eigenvalue weighted by Crippen LogP contribution is -2.34. The molecular formula is C15H22ClNO2. The Labute approximate surface area is 119 Å². The maximum Gasteiger partial charge on any atom is 0.138 e. The Balaban J connectivity index is 1.61. The van der Waals surface area contributed by atoms with Gasteiger partial charge in [-0.3, -0.25) is 0 Å². The lowest BCUT2D eigenvalue weighted by Gasteiger charge is -2.16. The third kappa shape index (κ3) is 5.01. The molecule has 19 heavy (non-hydrogen) atoms. The molecule has 0 radical (unpaired) electrons. The van der Waals surface area contributed by atoms with Gasteiger partial charge in [0.1, 0.15) is 18.5 Å². The van der Waals surface area contributed by atoms with E-state index in [9.17, 15) is 5.11 Å². The quantitative estimate of drug-likeness (QED) is 0.771. The summed E-state index contributed by atoms with van der Waals surface area (Å²) >= 11 is 5.97. The number of hydrogen-bond donors (Lipinski definition) is 2. The minimum Gasteiger partial charge on any atom is -0.489 e. The molecule has 2 unspecified atom stereocenters. The zero-order valence-corrected chi connectivity index (χ0v) is 12.1. The van der Waals surface area contributed by atoms with Crippen molar-refractivity contribution in [3.05, 3.63) is 29.3 Å². The lowest BCUT2D eigenvalue weighted by atomic mass is 10.1. The molecule has 1 saturated carbocycles. The van der Waals surface area contributed by atoms with Gasteiger partial charge in [-0.15, -0.1) is 0 Å². The van der Waals surface area contributed by atoms with Crippen LogP contribution in [0.25, 0.3) is 0 Å². The van der Waals surface area contributed by atoms with Gasteiger partial charge in [0.05, 0.1) is 5.02 Å². The van der Waals surface area contributed by atoms with Gasteiger partial charge in [-0.25, -0.2) is 0 Å². The fraction of sp³-hybridized carbons (Fsp3) is 0.600. The molecule has 1 aliphatic carbocycles. The third-order valence-electron chi connectivity index (χ3n) is 3.54. The summed E-state index contributed by atoms with van der Waals surface area (Å²) in [6.45, 7) is 4.04. The van der Waals surface area contributed by atoms with E-state index in [1.807, 2.05) is 12.1 Å². The van der Waals surface area contributed by atoms with Crippen LogP contribution in [0.5, 0.6) is 5.75 Å². The molecule has 4 heteroatoms. The lowest BCUT2D eigenvalue weighted by molar-refractivity contribution is 0.105. The van der Waals surface area contributed by atoms with Crippen LogP contribution >= 0.6 is 11.6 Å². The van der Waals surface area contributed by atoms with Crippen LogP contribution < -0.4 is 10.1 Å². The topological polar surface area (TPSA) is 41.5 Å². The first-order valence-electron chi connectivity index (χ1n) is 6.93. The predicted octanol–water partition coefficient (Wildman–Crippen LogP) is 2.72. The standard InChI is InChI=1S/C15H22ClNO2/c1-11(12-6-7-12)8-17-9-13(18)10-19-15-5-3-2-4-14(15)16/h2-5,11-13,17-18H,6-10H2,1H3. The van der Waals surface area contributed by atoms with Gasteiger partial charge in [0, 0.05) is 6.54 Å². The van der Waals surface area contributed by atoms with Gasteiger partial charge in [-0.1, -0.05) is 30.7 Å². The van der Waals surface area contributed by atoms with Gasteiger partial charge in [0.2, 0.25) is 0 Å². The van der Waals surface area contributed by atoms with Crippen molar-refractivity contribution in [1.29, 1.82) is 0 Å². The van der Waals surface area contributed by atoms with Crippen molar-refractivity contribution in [1.82, 2.24) is 5.32 Å². The van der Waals surface area contributed by atoms with E-state index in [1.165, 1.54) is 12.8 Å². The van der Waals surface area contributed by atoms with Gasteiger partial charge in [0.15, 0.2) is 0 Å². The number of benzene rings is 1. The zero-order valence-electron chi connectivity index (χ0n) is 11.3. The molecule has 1 aromatic carbocycles. The van der Waals surface area contributed by atoms with E-state index in [0.717, 1.165) is 12.5 Å². The average Bonchev–Trinajstić information content (AvgIpc) is 3.22. The van der Waals surface area contributed by atoms with Crippen LogP contribution in [0.3, 0.4) is 0 Å². The highest BCUT2D eigenvalue weighted by Crippen LogP contribution is 2.36. The van der Waals surface area contributed by atoms with Gasteiger partial charge in [-0.2, -0.15) is 0 Å². The van der Waals surface area contributed by atoms with Crippen molar-refractivity contribution in [2.24, 2.45) is 11.8 Å². The van der Waals surface area contributed by atoms with Crippen LogP contribution in [0.15, 0.2) is 24.3 Å². The molecule has 0 aromatic heterocycles. The van der Waals surface area contributed by atoms with Gasteiger partial charge >= 0.3 is 0 Å². The van der Waals surface area contributed by atoms with Crippen LogP contribution in [0.2, 0.25) is 5.02 Å². The highest BCUT2D eigenvalue weighted by molar-refractivity contribution is 6.32. The second-order valence-corrected chi connectivity index (χ2v) is 5.78. The summed E-state index contributed by atoms with van der Waals surface area (Å²) in [4.78, 5) is 0. The molecular weight excluding hydrogens is 262 g/mol. The molecule has 0 spiro atoms. The van der Waals surface area contributed by atoms with Crippen LogP contribution in [0.4, 0.5) is 0 Å². The fourth-order valence-electron chi connectivity index (χ4n) is 2.12. The molecule has 1 fully saturated rings. The Hall–Kier alpha value is -0.770. The Bertz CT molecular complexity index is 395. The van der Waals surface area contributed by atoms with Crippen LogP contribution in [0.1, 0.15) is 19.8 Å². The number of aliphatic hydroxyl groups is 1. The Morgan fingerprint density at radius 1 is 1.37 bits per heavy atom. The number of nitrogens with one attached hydrogen (secondary N) is 1. The number of halogens is 1. The van der Waals surface area contributed by atoms with Crippen molar-refractivity contribution in [2.75, 3.05) is 19.7 Å². The number of rotatable bonds is 8. The smallest absolute Gasteiger partial charge is 0.138 e. The van der Waals surface area contributed by atoms with E-state index in [2.05, 4.69) is 12.2 Å². The summed E-state index contributed by atoms with van der Waals surface area (Å²) in [6.07, 6.45) is 2.21. The summed E-state index contributed by atoms with van der Waals surface area (Å²) in [5.74, 6) is 2.22. The largest absolute Gasteiger partial charge is 0.489 e. The number of aliphatic hydroxyl groups excluding tert-OH is 1. The number of hydrogen-bond acceptors (Lipinski definition) is 3. The van der Waals surface area contributed by atoms with Crippen LogP contribution in [-0.2, 0) is 0 Å². The number of para-hydroxylation sites is 1. The van der Waals surface area contributed by atoms with Crippen molar-refractivity contribution in [3.8, 4) is 5.75 Å². The molecule has 106 valence electrons. The molecule has 2 rings (SSSR count). The molecule has 2 atom stereocenters. The SMILES string of the molecule is CC(CNCC(O)COc1ccccc1Cl)C1CC1. The average molecular weight is 284 g/mol. The van der Waals surface area contributed by atoms with Gasteiger partial charge < -0.3 is 15.2 Å². The number of ether oxygens (including phenoxy) is 1. The van der Waals surface area contributed by atoms with Crippen molar-refractivity contribution in [3.63, 3.8) is 0 Å². The molecule has 3 nitrogen and oxygen atoms in total. The third-order valence-corrected chi connectivity index (χ3v) is 3.85. The first kappa shape index (κ1) is 14.6. The summed E-state index contributed by atoms with van der Waals surface area (Å²) in [6, 6.07) is 7.30. The van der Waals surface area contributed by atoms with Crippen LogP contribution in [0, 0.1) is 11.8 Å². The highest BCUT2D eigenvalue weighted by Gasteiger charge is 2.27. The summed E-state index contributed by atoms with van der Waals surface area (Å²) < 4.78 is 5.49. The summed E-state index contributed by atoms with van der Waals surface area (Å²) in [5, 5.41) is 13.7. The minimum absolute atomic E-state index is 0.258. The van der Waals surface area contributed by atoms with Gasteiger partial charge in [0.25, 0.3) is 0 Å². The van der Waals surface area contributed by atoms with Crippen molar-refractivity contribution < 1.29 is 9.84 Å². The molecule has 0 bridgehead atoms. The molecule has 0 saturated heterocycles. The minimum atomic E-state index is -0.511. The molecule has 0 heterocycles. The van der Waals surface area contributed by atoms with Gasteiger partial charge in [-0.05, 0) is 43.4 Å². The highest BCUT2D eigenvalue weighted by atomic mass is 35.5. The van der Waals surface area contributed by atoms with Crippen LogP contribution in [-0.4, -0.2) is 30.9 Å². The Morgan fingerprint density at radius 3 is 2.79 bits per heavy atom. The summed E-state index contributed by atoms with van der Waals surface area (Å²) in [5.41, 5.74) is 0. The van der Waals surface area contributed by atoms with E-state index < -0.39 is 6.10 Å². The first-order valence-corrected chi connectivity index (χ1v) is 7.30. The molecule has 0 amide bonds. The maximum atomic E-state index is 9.84. The maximum absolute atomic E-state index is 9.84. The van der Waals surface area contributed by atoms with Crippen molar-refractivity contribution >= 4 is 11.6 Å². The predicted molar refractivity (Wildman–Crippen MR) is 77.7 cm³/mol. The first-order chi connectivity index (χ1) is 9.16. The second-order valence-electron chi connectivity index (χ2n) is 5.37. The molecule has 1 aliphatic rings. The molecule has 2 N–H and O–H groups in total. The Morgan fingerprint density at radius 2 is 2.11 bits per heavy atom. The van der Waals surface area contributed by atoms with E-state index in [4.69, 9.17) is 16.3 Å². The van der Waals surface area contributed by atoms with E-state index in [1.54, 1.807) is 12.1 Å². The molecule has 0 aliphatic heterocycles. The van der Waals surface area contributed by atoms with E-state index in [-0.39, 0.29) is 6.61 Å². The van der Waals surface area contributed by atoms with Crippen molar-refractivity contribution in [2.45, 2.75) is 25.9 Å². The van der Waals surface area contributed by atoms with E-state index >= 15 is 0 Å².